The summed E-state index contributed by atoms with van der Waals surface area (Å²) in [7, 11) is -2.39. The third kappa shape index (κ3) is 5.71. The highest BCUT2D eigenvalue weighted by Crippen LogP contribution is 2.28. The highest BCUT2D eigenvalue weighted by Gasteiger charge is 2.33. The lowest BCUT2D eigenvalue weighted by Gasteiger charge is -2.34. The van der Waals surface area contributed by atoms with Gasteiger partial charge in [0.15, 0.2) is 4.32 Å². The molecular weight excluding hydrogens is 428 g/mol. The summed E-state index contributed by atoms with van der Waals surface area (Å²) in [5, 5.41) is 0.810. The predicted molar refractivity (Wildman–Crippen MR) is 121 cm³/mol. The fourth-order valence-corrected chi connectivity index (χ4v) is 5.69. The fraction of sp³-hybridized carbons (Fsp3) is 0.300. The lowest BCUT2D eigenvalue weighted by atomic mass is 10.2. The van der Waals surface area contributed by atoms with Gasteiger partial charge in [-0.15, -0.1) is 0 Å². The summed E-state index contributed by atoms with van der Waals surface area (Å²) in [5.41, 5.74) is 1.58. The molecule has 1 unspecified atom stereocenters. The molecule has 0 aromatic heterocycles. The van der Waals surface area contributed by atoms with E-state index in [1.165, 1.54) is 5.01 Å². The van der Waals surface area contributed by atoms with Crippen LogP contribution in [0.4, 0.5) is 5.69 Å². The van der Waals surface area contributed by atoms with Gasteiger partial charge in [0.2, 0.25) is 0 Å². The zero-order chi connectivity index (χ0) is 21.6. The Labute approximate surface area is 181 Å². The van der Waals surface area contributed by atoms with Crippen LogP contribution in [0.5, 0.6) is 0 Å². The van der Waals surface area contributed by atoms with Gasteiger partial charge in [0, 0.05) is 7.05 Å². The first kappa shape index (κ1) is 23.2. The number of thiocarbonyl (C=S) groups is 1. The number of para-hydroxylation sites is 1. The molecule has 2 aromatic carbocycles. The van der Waals surface area contributed by atoms with Crippen LogP contribution in [0.2, 0.25) is 0 Å². The molecule has 0 spiro atoms. The van der Waals surface area contributed by atoms with E-state index in [9.17, 15) is 13.2 Å². The van der Waals surface area contributed by atoms with Gasteiger partial charge < -0.3 is 4.74 Å². The van der Waals surface area contributed by atoms with Crippen LogP contribution in [0.25, 0.3) is 0 Å². The number of anilines is 1. The second-order valence-corrected chi connectivity index (χ2v) is 9.94. The Bertz CT molecular complexity index is 947. The molecule has 1 atom stereocenters. The van der Waals surface area contributed by atoms with Crippen molar-refractivity contribution in [2.45, 2.75) is 30.9 Å². The third-order valence-corrected chi connectivity index (χ3v) is 7.37. The van der Waals surface area contributed by atoms with Gasteiger partial charge in [-0.25, -0.2) is 0 Å². The molecular formula is C20H24N2O4S3. The molecule has 0 saturated carbocycles. The van der Waals surface area contributed by atoms with Crippen molar-refractivity contribution in [1.82, 2.24) is 4.41 Å². The Kier molecular flexibility index (Phi) is 8.06. The molecule has 0 aliphatic rings. The molecule has 2 aromatic rings. The molecule has 0 fully saturated rings. The number of thioether (sulfide) groups is 1. The van der Waals surface area contributed by atoms with E-state index < -0.39 is 21.2 Å². The molecule has 0 bridgehead atoms. The fourth-order valence-electron chi connectivity index (χ4n) is 2.44. The quantitative estimate of drug-likeness (QED) is 0.357. The van der Waals surface area contributed by atoms with E-state index in [-0.39, 0.29) is 15.8 Å². The molecule has 0 saturated heterocycles. The minimum absolute atomic E-state index is 0.0254. The number of carbonyl (C=O) groups excluding carboxylic acids is 1. The highest BCUT2D eigenvalue weighted by molar-refractivity contribution is 8.24. The standard InChI is InChI=1S/C20H24N2O4S3/c1-5-26-19(23)16(3)28-20(27)22(21(4)17-9-7-6-8-10-17)29(24,25)18-13-11-15(2)12-14-18/h6-14,16H,5H2,1-4H3. The molecule has 0 N–H and O–H groups in total. The number of rotatable bonds is 7. The number of carbonyl (C=O) groups is 1. The maximum absolute atomic E-state index is 13.4. The number of sulfonamides is 1. The first-order valence-corrected chi connectivity index (χ1v) is 11.7. The molecule has 6 nitrogen and oxygen atoms in total. The Morgan fingerprint density at radius 3 is 2.28 bits per heavy atom. The number of nitrogens with zero attached hydrogens (tertiary/aromatic N) is 2. The lowest BCUT2D eigenvalue weighted by molar-refractivity contribution is -0.142. The molecule has 2 rings (SSSR count). The van der Waals surface area contributed by atoms with Crippen LogP contribution in [0.3, 0.4) is 0 Å². The van der Waals surface area contributed by atoms with Crippen molar-refractivity contribution >= 4 is 50.0 Å². The van der Waals surface area contributed by atoms with E-state index in [0.717, 1.165) is 21.7 Å². The molecule has 0 aliphatic carbocycles. The predicted octanol–water partition coefficient (Wildman–Crippen LogP) is 4.01. The number of hydrazine groups is 1. The van der Waals surface area contributed by atoms with Crippen molar-refractivity contribution < 1.29 is 17.9 Å². The SMILES string of the molecule is CCOC(=O)C(C)SC(=S)N(N(C)c1ccccc1)S(=O)(=O)c1ccc(C)cc1. The number of hydrogen-bond acceptors (Lipinski definition) is 7. The first-order valence-electron chi connectivity index (χ1n) is 8.96. The van der Waals surface area contributed by atoms with Crippen LogP contribution < -0.4 is 5.01 Å². The molecule has 29 heavy (non-hydrogen) atoms. The minimum Gasteiger partial charge on any atom is -0.465 e. The van der Waals surface area contributed by atoms with Crippen LogP contribution in [0.1, 0.15) is 19.4 Å². The summed E-state index contributed by atoms with van der Waals surface area (Å²) in [6.45, 7) is 5.47. The van der Waals surface area contributed by atoms with E-state index in [2.05, 4.69) is 0 Å². The summed E-state index contributed by atoms with van der Waals surface area (Å²) in [6.07, 6.45) is 0. The maximum Gasteiger partial charge on any atom is 0.319 e. The number of aryl methyl sites for hydroxylation is 1. The topological polar surface area (TPSA) is 66.9 Å². The lowest BCUT2D eigenvalue weighted by Crippen LogP contribution is -2.47. The zero-order valence-electron chi connectivity index (χ0n) is 16.7. The second-order valence-electron chi connectivity index (χ2n) is 6.20. The second kappa shape index (κ2) is 10.1. The summed E-state index contributed by atoms with van der Waals surface area (Å²) in [6, 6.07) is 15.5. The van der Waals surface area contributed by atoms with Crippen molar-refractivity contribution in [3.05, 3.63) is 60.2 Å². The number of ether oxygens (including phenoxy) is 1. The van der Waals surface area contributed by atoms with E-state index in [1.54, 1.807) is 69.4 Å². The Balaban J connectivity index is 2.44. The van der Waals surface area contributed by atoms with Gasteiger partial charge in [-0.2, -0.15) is 12.8 Å². The molecule has 0 amide bonds. The molecule has 9 heteroatoms. The Morgan fingerprint density at radius 1 is 1.14 bits per heavy atom. The smallest absolute Gasteiger partial charge is 0.319 e. The van der Waals surface area contributed by atoms with Gasteiger partial charge in [0.1, 0.15) is 5.25 Å². The summed E-state index contributed by atoms with van der Waals surface area (Å²) in [4.78, 5) is 12.1. The number of benzene rings is 2. The van der Waals surface area contributed by atoms with E-state index in [1.807, 2.05) is 13.0 Å². The molecule has 0 radical (unpaired) electrons. The first-order chi connectivity index (χ1) is 13.7. The van der Waals surface area contributed by atoms with Crippen molar-refractivity contribution in [1.29, 1.82) is 0 Å². The van der Waals surface area contributed by atoms with Gasteiger partial charge in [-0.1, -0.05) is 47.7 Å². The zero-order valence-corrected chi connectivity index (χ0v) is 19.2. The van der Waals surface area contributed by atoms with Crippen LogP contribution >= 0.6 is 24.0 Å². The number of esters is 1. The monoisotopic (exact) mass is 452 g/mol. The largest absolute Gasteiger partial charge is 0.465 e. The Hall–Kier alpha value is -2.10. The van der Waals surface area contributed by atoms with E-state index >= 15 is 0 Å². The van der Waals surface area contributed by atoms with Gasteiger partial charge in [0.25, 0.3) is 10.0 Å². The van der Waals surface area contributed by atoms with E-state index in [0.29, 0.717) is 5.69 Å². The summed E-state index contributed by atoms with van der Waals surface area (Å²) >= 11 is 6.43. The van der Waals surface area contributed by atoms with Crippen LogP contribution in [-0.4, -0.2) is 42.0 Å². The van der Waals surface area contributed by atoms with Gasteiger partial charge in [-0.05, 0) is 57.3 Å². The van der Waals surface area contributed by atoms with Crippen LogP contribution in [0, 0.1) is 6.92 Å². The summed E-state index contributed by atoms with van der Waals surface area (Å²) in [5.74, 6) is -0.449. The van der Waals surface area contributed by atoms with Crippen molar-refractivity contribution in [2.24, 2.45) is 0 Å². The van der Waals surface area contributed by atoms with Crippen molar-refractivity contribution in [2.75, 3.05) is 18.7 Å². The third-order valence-electron chi connectivity index (χ3n) is 4.00. The van der Waals surface area contributed by atoms with Gasteiger partial charge >= 0.3 is 5.97 Å². The van der Waals surface area contributed by atoms with Crippen LogP contribution in [-0.2, 0) is 19.6 Å². The molecule has 0 aliphatic heterocycles. The van der Waals surface area contributed by atoms with Crippen molar-refractivity contribution in [3.63, 3.8) is 0 Å². The summed E-state index contributed by atoms with van der Waals surface area (Å²) < 4.78 is 33.0. The Morgan fingerprint density at radius 2 is 1.72 bits per heavy atom. The maximum atomic E-state index is 13.4. The minimum atomic E-state index is -4.00. The van der Waals surface area contributed by atoms with Gasteiger partial charge in [-0.3, -0.25) is 9.80 Å². The average Bonchev–Trinajstić information content (AvgIpc) is 2.69. The molecule has 156 valence electrons. The van der Waals surface area contributed by atoms with Gasteiger partial charge in [0.05, 0.1) is 17.2 Å². The highest BCUT2D eigenvalue weighted by atomic mass is 32.2. The van der Waals surface area contributed by atoms with Crippen molar-refractivity contribution in [3.8, 4) is 0 Å². The molecule has 0 heterocycles. The van der Waals surface area contributed by atoms with E-state index in [4.69, 9.17) is 17.0 Å². The number of hydrogen-bond donors (Lipinski definition) is 0. The average molecular weight is 453 g/mol. The normalized spacial score (nSPS) is 12.1. The van der Waals surface area contributed by atoms with Crippen LogP contribution in [0.15, 0.2) is 59.5 Å².